The third-order valence-electron chi connectivity index (χ3n) is 5.00. The number of thiazole rings is 1. The van der Waals surface area contributed by atoms with Crippen LogP contribution in [0.4, 0.5) is 5.13 Å². The Bertz CT molecular complexity index is 634. The summed E-state index contributed by atoms with van der Waals surface area (Å²) in [6, 6.07) is 0. The number of aromatic nitrogens is 1. The first-order chi connectivity index (χ1) is 11.4. The van der Waals surface area contributed by atoms with Crippen molar-refractivity contribution in [3.05, 3.63) is 10.6 Å². The fourth-order valence-electron chi connectivity index (χ4n) is 3.61. The van der Waals surface area contributed by atoms with Crippen molar-refractivity contribution in [1.82, 2.24) is 4.98 Å². The van der Waals surface area contributed by atoms with Crippen LogP contribution in [0.5, 0.6) is 0 Å². The van der Waals surface area contributed by atoms with Gasteiger partial charge in [-0.1, -0.05) is 6.42 Å². The van der Waals surface area contributed by atoms with Crippen LogP contribution in [0.2, 0.25) is 0 Å². The maximum atomic E-state index is 12.2. The second kappa shape index (κ2) is 7.01. The molecular weight excluding hydrogens is 328 g/mol. The number of nitrogens with one attached hydrogen (secondary N) is 1. The van der Waals surface area contributed by atoms with Gasteiger partial charge < -0.3 is 4.74 Å². The van der Waals surface area contributed by atoms with E-state index in [2.05, 4.69) is 10.3 Å². The summed E-state index contributed by atoms with van der Waals surface area (Å²) in [4.78, 5) is 41.4. The highest BCUT2D eigenvalue weighted by Gasteiger charge is 2.41. The first kappa shape index (κ1) is 17.1. The molecule has 1 heterocycles. The lowest BCUT2D eigenvalue weighted by Gasteiger charge is -2.36. The number of hydrogen-bond donors (Lipinski definition) is 1. The Labute approximate surface area is 145 Å². The molecule has 2 aliphatic carbocycles. The summed E-state index contributed by atoms with van der Waals surface area (Å²) in [5.74, 6) is -0.673. The molecule has 6 nitrogen and oxygen atoms in total. The second-order valence-corrected chi connectivity index (χ2v) is 7.92. The normalized spacial score (nSPS) is 26.1. The number of carbonyl (C=O) groups excluding carboxylic acids is 3. The number of rotatable bonds is 4. The first-order valence-electron chi connectivity index (χ1n) is 8.38. The minimum Gasteiger partial charge on any atom is -0.455 e. The molecule has 0 saturated heterocycles. The van der Waals surface area contributed by atoms with Crippen LogP contribution < -0.4 is 5.32 Å². The molecule has 2 fully saturated rings. The molecule has 24 heavy (non-hydrogen) atoms. The summed E-state index contributed by atoms with van der Waals surface area (Å²) in [6.45, 7) is 3.50. The molecule has 130 valence electrons. The summed E-state index contributed by atoms with van der Waals surface area (Å²) in [7, 11) is 0. The Balaban J connectivity index is 1.48. The molecule has 2 bridgehead atoms. The van der Waals surface area contributed by atoms with Crippen LogP contribution in [0, 0.1) is 31.6 Å². The molecular formula is C17H22N2O4S. The highest BCUT2D eigenvalue weighted by Crippen LogP contribution is 2.40. The van der Waals surface area contributed by atoms with Gasteiger partial charge in [0, 0.05) is 16.7 Å². The molecule has 2 aliphatic rings. The fourth-order valence-corrected chi connectivity index (χ4v) is 4.44. The molecule has 0 radical (unpaired) electrons. The molecule has 1 amide bonds. The number of aryl methyl sites for hydroxylation is 2. The maximum Gasteiger partial charge on any atom is 0.309 e. The van der Waals surface area contributed by atoms with E-state index < -0.39 is 0 Å². The Morgan fingerprint density at radius 3 is 2.50 bits per heavy atom. The zero-order valence-electron chi connectivity index (χ0n) is 14.0. The number of hydrogen-bond acceptors (Lipinski definition) is 6. The fraction of sp³-hybridized carbons (Fsp3) is 0.647. The average molecular weight is 350 g/mol. The SMILES string of the molecule is Cc1nc(NC(=O)COC(=O)C2CC3CCCC(C2)C3=O)sc1C. The Hall–Kier alpha value is -1.76. The van der Waals surface area contributed by atoms with Crippen LogP contribution in [-0.2, 0) is 19.1 Å². The van der Waals surface area contributed by atoms with Crippen LogP contribution in [0.3, 0.4) is 0 Å². The van der Waals surface area contributed by atoms with E-state index in [0.717, 1.165) is 29.8 Å². The zero-order chi connectivity index (χ0) is 17.3. The van der Waals surface area contributed by atoms with Gasteiger partial charge in [0.25, 0.3) is 5.91 Å². The molecule has 0 spiro atoms. The van der Waals surface area contributed by atoms with E-state index in [9.17, 15) is 14.4 Å². The highest BCUT2D eigenvalue weighted by atomic mass is 32.1. The van der Waals surface area contributed by atoms with Gasteiger partial charge in [0.15, 0.2) is 11.7 Å². The van der Waals surface area contributed by atoms with E-state index in [1.54, 1.807) is 0 Å². The van der Waals surface area contributed by atoms with Crippen molar-refractivity contribution in [3.63, 3.8) is 0 Å². The molecule has 2 saturated carbocycles. The predicted octanol–water partition coefficient (Wildman–Crippen LogP) is 2.64. The lowest BCUT2D eigenvalue weighted by molar-refractivity contribution is -0.155. The Morgan fingerprint density at radius 2 is 1.92 bits per heavy atom. The Morgan fingerprint density at radius 1 is 1.25 bits per heavy atom. The molecule has 7 heteroatoms. The highest BCUT2D eigenvalue weighted by molar-refractivity contribution is 7.15. The molecule has 0 aliphatic heterocycles. The first-order valence-corrected chi connectivity index (χ1v) is 9.20. The summed E-state index contributed by atoms with van der Waals surface area (Å²) in [5.41, 5.74) is 0.880. The molecule has 1 aromatic rings. The molecule has 2 unspecified atom stereocenters. The molecule has 1 aromatic heterocycles. The molecule has 3 rings (SSSR count). The minimum absolute atomic E-state index is 0.00476. The molecule has 2 atom stereocenters. The van der Waals surface area contributed by atoms with E-state index in [0.29, 0.717) is 23.8 Å². The number of esters is 1. The number of ether oxygens (including phenoxy) is 1. The third-order valence-corrected chi connectivity index (χ3v) is 5.99. The van der Waals surface area contributed by atoms with Gasteiger partial charge in [0.1, 0.15) is 5.78 Å². The van der Waals surface area contributed by atoms with Gasteiger partial charge in [0.05, 0.1) is 11.6 Å². The van der Waals surface area contributed by atoms with Crippen LogP contribution in [0.25, 0.3) is 0 Å². The van der Waals surface area contributed by atoms with Crippen molar-refractivity contribution < 1.29 is 19.1 Å². The van der Waals surface area contributed by atoms with E-state index in [1.165, 1.54) is 11.3 Å². The van der Waals surface area contributed by atoms with Crippen molar-refractivity contribution in [1.29, 1.82) is 0 Å². The lowest BCUT2D eigenvalue weighted by Crippen LogP contribution is -2.40. The number of carbonyl (C=O) groups is 3. The van der Waals surface area contributed by atoms with Crippen molar-refractivity contribution in [2.24, 2.45) is 17.8 Å². The number of ketones is 1. The van der Waals surface area contributed by atoms with Crippen molar-refractivity contribution in [3.8, 4) is 0 Å². The largest absolute Gasteiger partial charge is 0.455 e. The van der Waals surface area contributed by atoms with E-state index in [-0.39, 0.29) is 36.2 Å². The summed E-state index contributed by atoms with van der Waals surface area (Å²) in [5, 5.41) is 3.16. The monoisotopic (exact) mass is 350 g/mol. The Kier molecular flexibility index (Phi) is 4.99. The number of anilines is 1. The quantitative estimate of drug-likeness (QED) is 0.844. The van der Waals surface area contributed by atoms with Crippen LogP contribution in [0.15, 0.2) is 0 Å². The predicted molar refractivity (Wildman–Crippen MR) is 89.7 cm³/mol. The van der Waals surface area contributed by atoms with Gasteiger partial charge in [-0.2, -0.15) is 0 Å². The third kappa shape index (κ3) is 3.66. The number of amides is 1. The second-order valence-electron chi connectivity index (χ2n) is 6.71. The van der Waals surface area contributed by atoms with E-state index >= 15 is 0 Å². The summed E-state index contributed by atoms with van der Waals surface area (Å²) >= 11 is 1.40. The van der Waals surface area contributed by atoms with Gasteiger partial charge in [-0.25, -0.2) is 4.98 Å². The molecule has 0 aromatic carbocycles. The van der Waals surface area contributed by atoms with Gasteiger partial charge in [0.2, 0.25) is 0 Å². The number of Topliss-reactive ketones (excluding diaryl/α,β-unsaturated/α-hetero) is 1. The zero-order valence-corrected chi connectivity index (χ0v) is 14.8. The van der Waals surface area contributed by atoms with E-state index in [1.807, 2.05) is 13.8 Å². The van der Waals surface area contributed by atoms with Gasteiger partial charge in [-0.3, -0.25) is 19.7 Å². The number of nitrogens with zero attached hydrogens (tertiary/aromatic N) is 1. The smallest absolute Gasteiger partial charge is 0.309 e. The van der Waals surface area contributed by atoms with Crippen molar-refractivity contribution in [2.45, 2.75) is 46.0 Å². The van der Waals surface area contributed by atoms with Gasteiger partial charge in [-0.15, -0.1) is 11.3 Å². The van der Waals surface area contributed by atoms with Crippen LogP contribution in [-0.4, -0.2) is 29.3 Å². The van der Waals surface area contributed by atoms with Gasteiger partial charge >= 0.3 is 5.97 Å². The standard InChI is InChI=1S/C17H22N2O4S/c1-9-10(2)24-17(18-9)19-14(20)8-23-16(22)13-6-11-4-3-5-12(7-13)15(11)21/h11-13H,3-8H2,1-2H3,(H,18,19,20). The van der Waals surface area contributed by atoms with Crippen LogP contribution in [0.1, 0.15) is 42.7 Å². The van der Waals surface area contributed by atoms with Gasteiger partial charge in [-0.05, 0) is 39.5 Å². The topological polar surface area (TPSA) is 85.4 Å². The minimum atomic E-state index is -0.385. The summed E-state index contributed by atoms with van der Waals surface area (Å²) in [6.07, 6.45) is 3.96. The summed E-state index contributed by atoms with van der Waals surface area (Å²) < 4.78 is 5.17. The molecule has 1 N–H and O–H groups in total. The van der Waals surface area contributed by atoms with Crippen molar-refractivity contribution >= 4 is 34.1 Å². The average Bonchev–Trinajstić information content (AvgIpc) is 2.82. The van der Waals surface area contributed by atoms with Crippen molar-refractivity contribution in [2.75, 3.05) is 11.9 Å². The number of fused-ring (bicyclic) bond motifs is 2. The van der Waals surface area contributed by atoms with E-state index in [4.69, 9.17) is 4.74 Å². The van der Waals surface area contributed by atoms with Crippen LogP contribution >= 0.6 is 11.3 Å². The lowest BCUT2D eigenvalue weighted by atomic mass is 9.67. The maximum absolute atomic E-state index is 12.2.